The van der Waals surface area contributed by atoms with Crippen molar-refractivity contribution in [2.45, 2.75) is 6.92 Å². The van der Waals surface area contributed by atoms with Crippen LogP contribution in [0.3, 0.4) is 0 Å². The molecule has 0 amide bonds. The standard InChI is InChI=1S/C11H8ClNO3/c1-6-9(11(14)15)10(13-16-6)7-2-4-8(12)5-3-7/h2-5H,1H3,(H,14,15)/p-1. The number of carbonyl (C=O) groups excluding carboxylic acids is 1. The van der Waals surface area contributed by atoms with Crippen molar-refractivity contribution < 1.29 is 14.4 Å². The molecule has 0 bridgehead atoms. The molecule has 0 atom stereocenters. The van der Waals surface area contributed by atoms with Gasteiger partial charge in [-0.05, 0) is 19.1 Å². The van der Waals surface area contributed by atoms with Crippen molar-refractivity contribution >= 4 is 17.6 Å². The minimum atomic E-state index is -1.30. The Morgan fingerprint density at radius 1 is 1.38 bits per heavy atom. The highest BCUT2D eigenvalue weighted by atomic mass is 35.5. The number of carbonyl (C=O) groups is 1. The fourth-order valence-corrected chi connectivity index (χ4v) is 1.54. The van der Waals surface area contributed by atoms with Crippen molar-refractivity contribution in [3.8, 4) is 11.3 Å². The molecule has 2 rings (SSSR count). The minimum absolute atomic E-state index is 0.0256. The molecule has 0 spiro atoms. The van der Waals surface area contributed by atoms with E-state index in [1.54, 1.807) is 24.3 Å². The van der Waals surface area contributed by atoms with E-state index in [9.17, 15) is 9.90 Å². The molecule has 0 saturated heterocycles. The number of aromatic nitrogens is 1. The van der Waals surface area contributed by atoms with Crippen LogP contribution < -0.4 is 5.11 Å². The predicted molar refractivity (Wildman–Crippen MR) is 56.0 cm³/mol. The Labute approximate surface area is 96.4 Å². The summed E-state index contributed by atoms with van der Waals surface area (Å²) in [7, 11) is 0. The quantitative estimate of drug-likeness (QED) is 0.796. The molecule has 0 saturated carbocycles. The maximum Gasteiger partial charge on any atom is 0.143 e. The fraction of sp³-hybridized carbons (Fsp3) is 0.0909. The van der Waals surface area contributed by atoms with Gasteiger partial charge in [0.05, 0.1) is 11.5 Å². The van der Waals surface area contributed by atoms with E-state index >= 15 is 0 Å². The molecule has 0 aliphatic carbocycles. The third kappa shape index (κ3) is 1.79. The SMILES string of the molecule is Cc1onc(-c2ccc(Cl)cc2)c1C(=O)[O-]. The number of rotatable bonds is 2. The summed E-state index contributed by atoms with van der Waals surface area (Å²) in [4.78, 5) is 10.9. The Morgan fingerprint density at radius 2 is 2.00 bits per heavy atom. The van der Waals surface area contributed by atoms with Crippen LogP contribution in [0, 0.1) is 6.92 Å². The van der Waals surface area contributed by atoms with Crippen molar-refractivity contribution in [3.63, 3.8) is 0 Å². The summed E-state index contributed by atoms with van der Waals surface area (Å²) in [5, 5.41) is 15.2. The Balaban J connectivity index is 2.56. The first-order valence-electron chi connectivity index (χ1n) is 4.53. The molecule has 0 radical (unpaired) electrons. The van der Waals surface area contributed by atoms with Gasteiger partial charge < -0.3 is 14.4 Å². The van der Waals surface area contributed by atoms with E-state index < -0.39 is 5.97 Å². The first kappa shape index (κ1) is 10.7. The largest absolute Gasteiger partial charge is 0.545 e. The Bertz CT molecular complexity index is 531. The molecule has 0 fully saturated rings. The summed E-state index contributed by atoms with van der Waals surface area (Å²) >= 11 is 5.73. The Morgan fingerprint density at radius 3 is 2.56 bits per heavy atom. The molecule has 0 unspecified atom stereocenters. The third-order valence-electron chi connectivity index (χ3n) is 2.18. The number of carboxylic acid groups (broad SMARTS) is 1. The average Bonchev–Trinajstić information content (AvgIpc) is 2.61. The van der Waals surface area contributed by atoms with Gasteiger partial charge in [-0.2, -0.15) is 0 Å². The zero-order valence-electron chi connectivity index (χ0n) is 8.36. The van der Waals surface area contributed by atoms with E-state index in [4.69, 9.17) is 16.1 Å². The molecule has 1 heterocycles. The normalized spacial score (nSPS) is 10.4. The lowest BCUT2D eigenvalue weighted by Crippen LogP contribution is -2.23. The van der Waals surface area contributed by atoms with Crippen molar-refractivity contribution in [2.75, 3.05) is 0 Å². The van der Waals surface area contributed by atoms with Crippen LogP contribution in [0.1, 0.15) is 16.1 Å². The van der Waals surface area contributed by atoms with Crippen LogP contribution in [0.5, 0.6) is 0 Å². The molecule has 5 heteroatoms. The van der Waals surface area contributed by atoms with Gasteiger partial charge in [0, 0.05) is 10.6 Å². The smallest absolute Gasteiger partial charge is 0.143 e. The first-order valence-corrected chi connectivity index (χ1v) is 4.91. The van der Waals surface area contributed by atoms with Crippen LogP contribution >= 0.6 is 11.6 Å². The Hall–Kier alpha value is -1.81. The number of hydrogen-bond donors (Lipinski definition) is 0. The number of halogens is 1. The molecular formula is C11H7ClNO3-. The van der Waals surface area contributed by atoms with Gasteiger partial charge in [-0.25, -0.2) is 0 Å². The van der Waals surface area contributed by atoms with E-state index in [0.717, 1.165) is 0 Å². The number of carboxylic acids is 1. The maximum atomic E-state index is 10.9. The van der Waals surface area contributed by atoms with Crippen LogP contribution in [0.4, 0.5) is 0 Å². The van der Waals surface area contributed by atoms with Gasteiger partial charge >= 0.3 is 0 Å². The van der Waals surface area contributed by atoms with Crippen LogP contribution in [0.25, 0.3) is 11.3 Å². The number of benzene rings is 1. The molecule has 0 N–H and O–H groups in total. The lowest BCUT2D eigenvalue weighted by Gasteiger charge is -2.02. The summed E-state index contributed by atoms with van der Waals surface area (Å²) < 4.78 is 4.84. The number of aromatic carboxylic acids is 1. The molecule has 1 aromatic heterocycles. The second kappa shape index (κ2) is 3.98. The van der Waals surface area contributed by atoms with Crippen LogP contribution in [-0.2, 0) is 0 Å². The molecule has 2 aromatic rings. The summed E-state index contributed by atoms with van der Waals surface area (Å²) in [6, 6.07) is 6.65. The molecule has 0 aliphatic rings. The monoisotopic (exact) mass is 236 g/mol. The molecule has 16 heavy (non-hydrogen) atoms. The van der Waals surface area contributed by atoms with Gasteiger partial charge in [0.15, 0.2) is 0 Å². The van der Waals surface area contributed by atoms with Crippen molar-refractivity contribution in [3.05, 3.63) is 40.6 Å². The van der Waals surface area contributed by atoms with Gasteiger partial charge in [-0.1, -0.05) is 28.9 Å². The first-order chi connectivity index (χ1) is 7.59. The van der Waals surface area contributed by atoms with Gasteiger partial charge in [0.2, 0.25) is 0 Å². The summed E-state index contributed by atoms with van der Waals surface area (Å²) in [5.41, 5.74) is 0.858. The molecular weight excluding hydrogens is 230 g/mol. The van der Waals surface area contributed by atoms with E-state index in [0.29, 0.717) is 10.6 Å². The molecule has 1 aromatic carbocycles. The lowest BCUT2D eigenvalue weighted by molar-refractivity contribution is -0.255. The van der Waals surface area contributed by atoms with Gasteiger partial charge in [0.1, 0.15) is 11.5 Å². The average molecular weight is 237 g/mol. The van der Waals surface area contributed by atoms with Crippen LogP contribution in [0.15, 0.2) is 28.8 Å². The molecule has 82 valence electrons. The van der Waals surface area contributed by atoms with Gasteiger partial charge in [0.25, 0.3) is 0 Å². The third-order valence-corrected chi connectivity index (χ3v) is 2.44. The second-order valence-electron chi connectivity index (χ2n) is 3.26. The highest BCUT2D eigenvalue weighted by Gasteiger charge is 2.15. The Kier molecular flexibility index (Phi) is 2.66. The van der Waals surface area contributed by atoms with Crippen molar-refractivity contribution in [2.24, 2.45) is 0 Å². The van der Waals surface area contributed by atoms with Crippen LogP contribution in [-0.4, -0.2) is 11.1 Å². The number of aryl methyl sites for hydroxylation is 1. The molecule has 0 aliphatic heterocycles. The topological polar surface area (TPSA) is 66.2 Å². The number of nitrogens with zero attached hydrogens (tertiary/aromatic N) is 1. The minimum Gasteiger partial charge on any atom is -0.545 e. The van der Waals surface area contributed by atoms with E-state index in [-0.39, 0.29) is 17.0 Å². The summed E-state index contributed by atoms with van der Waals surface area (Å²) in [6.45, 7) is 1.53. The van der Waals surface area contributed by atoms with E-state index in [1.807, 2.05) is 0 Å². The summed E-state index contributed by atoms with van der Waals surface area (Å²) in [6.07, 6.45) is 0. The van der Waals surface area contributed by atoms with Crippen LogP contribution in [0.2, 0.25) is 5.02 Å². The van der Waals surface area contributed by atoms with E-state index in [1.165, 1.54) is 6.92 Å². The predicted octanol–water partition coefficient (Wildman–Crippen LogP) is 1.67. The molecule has 4 nitrogen and oxygen atoms in total. The highest BCUT2D eigenvalue weighted by molar-refractivity contribution is 6.30. The maximum absolute atomic E-state index is 10.9. The van der Waals surface area contributed by atoms with Gasteiger partial charge in [-0.3, -0.25) is 0 Å². The van der Waals surface area contributed by atoms with Gasteiger partial charge in [-0.15, -0.1) is 0 Å². The van der Waals surface area contributed by atoms with Crippen molar-refractivity contribution in [1.29, 1.82) is 0 Å². The van der Waals surface area contributed by atoms with E-state index in [2.05, 4.69) is 5.16 Å². The zero-order valence-corrected chi connectivity index (χ0v) is 9.12. The summed E-state index contributed by atoms with van der Waals surface area (Å²) in [5.74, 6) is -1.08. The fourth-order valence-electron chi connectivity index (χ4n) is 1.42. The number of hydrogen-bond acceptors (Lipinski definition) is 4. The second-order valence-corrected chi connectivity index (χ2v) is 3.69. The lowest BCUT2D eigenvalue weighted by atomic mass is 10.1. The zero-order chi connectivity index (χ0) is 11.7. The van der Waals surface area contributed by atoms with Crippen molar-refractivity contribution in [1.82, 2.24) is 5.16 Å². The highest BCUT2D eigenvalue weighted by Crippen LogP contribution is 2.25.